The molecule has 1 saturated heterocycles. The number of amides is 1. The lowest BCUT2D eigenvalue weighted by Crippen LogP contribution is -3.14. The number of hydrogen-bond donors (Lipinski definition) is 2. The van der Waals surface area contributed by atoms with Crippen LogP contribution < -0.4 is 10.2 Å². The van der Waals surface area contributed by atoms with Crippen LogP contribution in [0.2, 0.25) is 0 Å². The quantitative estimate of drug-likeness (QED) is 0.875. The summed E-state index contributed by atoms with van der Waals surface area (Å²) in [7, 11) is 0. The monoisotopic (exact) mass is 311 g/mol. The molecule has 18 heavy (non-hydrogen) atoms. The van der Waals surface area contributed by atoms with Crippen molar-refractivity contribution >= 4 is 27.5 Å². The Morgan fingerprint density at radius 3 is 3.11 bits per heavy atom. The zero-order valence-electron chi connectivity index (χ0n) is 10.7. The van der Waals surface area contributed by atoms with Crippen LogP contribution in [0, 0.1) is 5.92 Å². The molecule has 1 unspecified atom stereocenters. The van der Waals surface area contributed by atoms with Crippen molar-refractivity contribution in [2.24, 2.45) is 5.92 Å². The van der Waals surface area contributed by atoms with Crippen LogP contribution in [0.15, 0.2) is 28.7 Å². The second-order valence-corrected chi connectivity index (χ2v) is 6.10. The van der Waals surface area contributed by atoms with Gasteiger partial charge in [-0.1, -0.05) is 28.9 Å². The number of likely N-dealkylation sites (tertiary alicyclic amines) is 1. The van der Waals surface area contributed by atoms with Crippen molar-refractivity contribution in [2.75, 3.05) is 25.0 Å². The highest BCUT2D eigenvalue weighted by Gasteiger charge is 2.21. The Balaban J connectivity index is 1.85. The standard InChI is InChI=1S/C14H19BrN2O/c1-11-4-3-7-17(9-11)10-14(18)16-13-6-2-5-12(15)8-13/h2,5-6,8,11H,3-4,7,9-10H2,1H3,(H,16,18)/p+1/t11-/m0/s1. The van der Waals surface area contributed by atoms with E-state index in [-0.39, 0.29) is 5.91 Å². The summed E-state index contributed by atoms with van der Waals surface area (Å²) in [5.74, 6) is 0.851. The van der Waals surface area contributed by atoms with E-state index in [1.165, 1.54) is 17.7 Å². The van der Waals surface area contributed by atoms with E-state index in [1.807, 2.05) is 24.3 Å². The molecule has 2 atom stereocenters. The van der Waals surface area contributed by atoms with Crippen molar-refractivity contribution in [2.45, 2.75) is 19.8 Å². The van der Waals surface area contributed by atoms with Crippen molar-refractivity contribution in [3.05, 3.63) is 28.7 Å². The second kappa shape index (κ2) is 6.34. The molecule has 98 valence electrons. The van der Waals surface area contributed by atoms with Crippen molar-refractivity contribution in [3.63, 3.8) is 0 Å². The van der Waals surface area contributed by atoms with Crippen molar-refractivity contribution in [1.29, 1.82) is 0 Å². The normalized spacial score (nSPS) is 23.7. The Morgan fingerprint density at radius 2 is 2.39 bits per heavy atom. The van der Waals surface area contributed by atoms with Crippen molar-refractivity contribution in [3.8, 4) is 0 Å². The number of anilines is 1. The van der Waals surface area contributed by atoms with Gasteiger partial charge < -0.3 is 10.2 Å². The molecule has 0 aliphatic carbocycles. The highest BCUT2D eigenvalue weighted by atomic mass is 79.9. The molecular formula is C14H20BrN2O+. The van der Waals surface area contributed by atoms with Crippen LogP contribution in [-0.2, 0) is 4.79 Å². The maximum atomic E-state index is 12.0. The van der Waals surface area contributed by atoms with Gasteiger partial charge in [0.05, 0.1) is 13.1 Å². The maximum absolute atomic E-state index is 12.0. The average molecular weight is 312 g/mol. The minimum Gasteiger partial charge on any atom is -0.327 e. The number of benzene rings is 1. The Morgan fingerprint density at radius 1 is 1.56 bits per heavy atom. The van der Waals surface area contributed by atoms with Gasteiger partial charge in [0.15, 0.2) is 6.54 Å². The molecule has 1 fully saturated rings. The fraction of sp³-hybridized carbons (Fsp3) is 0.500. The molecule has 2 N–H and O–H groups in total. The van der Waals surface area contributed by atoms with Crippen LogP contribution in [0.3, 0.4) is 0 Å². The number of halogens is 1. The maximum Gasteiger partial charge on any atom is 0.279 e. The lowest BCUT2D eigenvalue weighted by atomic mass is 10.0. The third kappa shape index (κ3) is 4.10. The predicted octanol–water partition coefficient (Wildman–Crippen LogP) is 1.70. The van der Waals surface area contributed by atoms with Crippen molar-refractivity contribution < 1.29 is 9.69 Å². The van der Waals surface area contributed by atoms with Gasteiger partial charge in [-0.3, -0.25) is 4.79 Å². The van der Waals surface area contributed by atoms with Gasteiger partial charge in [0.2, 0.25) is 0 Å². The minimum absolute atomic E-state index is 0.109. The summed E-state index contributed by atoms with van der Waals surface area (Å²) in [6.45, 7) is 5.09. The van der Waals surface area contributed by atoms with Gasteiger partial charge in [0, 0.05) is 16.1 Å². The predicted molar refractivity (Wildman–Crippen MR) is 76.7 cm³/mol. The Kier molecular flexibility index (Phi) is 4.78. The Hall–Kier alpha value is -0.870. The summed E-state index contributed by atoms with van der Waals surface area (Å²) >= 11 is 3.40. The van der Waals surface area contributed by atoms with Crippen LogP contribution in [0.25, 0.3) is 0 Å². The molecule has 0 spiro atoms. The third-order valence-electron chi connectivity index (χ3n) is 3.38. The summed E-state index contributed by atoms with van der Waals surface area (Å²) < 4.78 is 0.985. The lowest BCUT2D eigenvalue weighted by Gasteiger charge is -2.27. The first-order chi connectivity index (χ1) is 8.63. The topological polar surface area (TPSA) is 33.5 Å². The number of hydrogen-bond acceptors (Lipinski definition) is 1. The first-order valence-electron chi connectivity index (χ1n) is 6.52. The van der Waals surface area contributed by atoms with Crippen LogP contribution >= 0.6 is 15.9 Å². The summed E-state index contributed by atoms with van der Waals surface area (Å²) in [4.78, 5) is 13.4. The number of rotatable bonds is 3. The van der Waals surface area contributed by atoms with E-state index >= 15 is 0 Å². The molecule has 1 aliphatic rings. The van der Waals surface area contributed by atoms with Crippen LogP contribution in [0.5, 0.6) is 0 Å². The molecule has 1 heterocycles. The highest BCUT2D eigenvalue weighted by Crippen LogP contribution is 2.15. The fourth-order valence-electron chi connectivity index (χ4n) is 2.56. The molecule has 2 rings (SSSR count). The lowest BCUT2D eigenvalue weighted by molar-refractivity contribution is -0.900. The zero-order chi connectivity index (χ0) is 13.0. The van der Waals surface area contributed by atoms with Gasteiger partial charge in [-0.25, -0.2) is 0 Å². The van der Waals surface area contributed by atoms with E-state index in [2.05, 4.69) is 28.2 Å². The molecule has 1 aromatic rings. The molecule has 1 aliphatic heterocycles. The van der Waals surface area contributed by atoms with Gasteiger partial charge in [0.25, 0.3) is 5.91 Å². The number of quaternary nitrogens is 1. The van der Waals surface area contributed by atoms with E-state index in [0.717, 1.165) is 29.2 Å². The molecule has 0 aromatic heterocycles. The molecule has 3 nitrogen and oxygen atoms in total. The SMILES string of the molecule is C[C@H]1CCC[NH+](CC(=O)Nc2cccc(Br)c2)C1. The molecule has 0 saturated carbocycles. The number of nitrogens with one attached hydrogen (secondary N) is 2. The molecule has 1 amide bonds. The first kappa shape index (κ1) is 13.6. The third-order valence-corrected chi connectivity index (χ3v) is 3.88. The van der Waals surface area contributed by atoms with E-state index in [4.69, 9.17) is 0 Å². The van der Waals surface area contributed by atoms with Crippen LogP contribution in [0.4, 0.5) is 5.69 Å². The fourth-order valence-corrected chi connectivity index (χ4v) is 2.96. The van der Waals surface area contributed by atoms with Crippen LogP contribution in [-0.4, -0.2) is 25.5 Å². The summed E-state index contributed by atoms with van der Waals surface area (Å²) in [5, 5.41) is 2.96. The van der Waals surface area contributed by atoms with Gasteiger partial charge >= 0.3 is 0 Å². The number of carbonyl (C=O) groups excluding carboxylic acids is 1. The average Bonchev–Trinajstić information content (AvgIpc) is 2.28. The molecule has 0 bridgehead atoms. The van der Waals surface area contributed by atoms with Gasteiger partial charge in [-0.15, -0.1) is 0 Å². The number of piperidine rings is 1. The Bertz CT molecular complexity index is 422. The highest BCUT2D eigenvalue weighted by molar-refractivity contribution is 9.10. The molecular weight excluding hydrogens is 292 g/mol. The summed E-state index contributed by atoms with van der Waals surface area (Å²) in [6, 6.07) is 7.71. The van der Waals surface area contributed by atoms with E-state index in [0.29, 0.717) is 6.54 Å². The first-order valence-corrected chi connectivity index (χ1v) is 7.32. The van der Waals surface area contributed by atoms with E-state index in [1.54, 1.807) is 0 Å². The zero-order valence-corrected chi connectivity index (χ0v) is 12.3. The second-order valence-electron chi connectivity index (χ2n) is 5.19. The molecule has 0 radical (unpaired) electrons. The Labute approximate surface area is 117 Å². The van der Waals surface area contributed by atoms with Gasteiger partial charge in [-0.05, 0) is 31.0 Å². The summed E-state index contributed by atoms with van der Waals surface area (Å²) in [6.07, 6.45) is 2.54. The largest absolute Gasteiger partial charge is 0.327 e. The van der Waals surface area contributed by atoms with Gasteiger partial charge in [-0.2, -0.15) is 0 Å². The molecule has 1 aromatic carbocycles. The van der Waals surface area contributed by atoms with Gasteiger partial charge in [0.1, 0.15) is 0 Å². The summed E-state index contributed by atoms with van der Waals surface area (Å²) in [5.41, 5.74) is 0.860. The smallest absolute Gasteiger partial charge is 0.279 e. The molecule has 4 heteroatoms. The van der Waals surface area contributed by atoms with E-state index < -0.39 is 0 Å². The number of carbonyl (C=O) groups is 1. The van der Waals surface area contributed by atoms with Crippen LogP contribution in [0.1, 0.15) is 19.8 Å². The van der Waals surface area contributed by atoms with Crippen molar-refractivity contribution in [1.82, 2.24) is 0 Å². The van der Waals surface area contributed by atoms with E-state index in [9.17, 15) is 4.79 Å². The minimum atomic E-state index is 0.109.